The van der Waals surface area contributed by atoms with Gasteiger partial charge in [-0.1, -0.05) is 29.3 Å². The first-order chi connectivity index (χ1) is 8.58. The summed E-state index contributed by atoms with van der Waals surface area (Å²) in [6.45, 7) is 2.07. The fraction of sp³-hybridized carbons (Fsp3) is 0.385. The van der Waals surface area contributed by atoms with Crippen LogP contribution in [0, 0.1) is 0 Å². The second-order valence-corrected chi connectivity index (χ2v) is 4.60. The van der Waals surface area contributed by atoms with Crippen molar-refractivity contribution < 1.29 is 14.3 Å². The van der Waals surface area contributed by atoms with E-state index in [-0.39, 0.29) is 24.7 Å². The van der Waals surface area contributed by atoms with Crippen molar-refractivity contribution in [2.75, 3.05) is 6.61 Å². The summed E-state index contributed by atoms with van der Waals surface area (Å²) in [6.07, 6.45) is 1.19. The molecule has 1 rings (SSSR count). The number of rotatable bonds is 6. The number of ether oxygens (including phenoxy) is 1. The fourth-order valence-corrected chi connectivity index (χ4v) is 1.95. The van der Waals surface area contributed by atoms with Crippen molar-refractivity contribution in [1.82, 2.24) is 0 Å². The third-order valence-corrected chi connectivity index (χ3v) is 3.25. The summed E-state index contributed by atoms with van der Waals surface area (Å²) in [4.78, 5) is 22.1. The average molecular weight is 289 g/mol. The Labute approximate surface area is 116 Å². The summed E-state index contributed by atoms with van der Waals surface area (Å²) >= 11 is 11.7. The number of carbonyl (C=O) groups excluding carboxylic acids is 2. The molecule has 0 aliphatic carbocycles. The van der Waals surface area contributed by atoms with Crippen LogP contribution in [0.25, 0.3) is 0 Å². The van der Waals surface area contributed by atoms with Crippen LogP contribution < -0.4 is 0 Å². The van der Waals surface area contributed by atoms with Gasteiger partial charge in [0.15, 0.2) is 0 Å². The van der Waals surface area contributed by atoms with Crippen LogP contribution in [0.15, 0.2) is 18.2 Å². The van der Waals surface area contributed by atoms with Crippen LogP contribution in [0.2, 0.25) is 10.0 Å². The average Bonchev–Trinajstić information content (AvgIpc) is 2.32. The predicted molar refractivity (Wildman–Crippen MR) is 71.1 cm³/mol. The summed E-state index contributed by atoms with van der Waals surface area (Å²) in [5.74, 6) is -0.549. The Balaban J connectivity index is 2.86. The summed E-state index contributed by atoms with van der Waals surface area (Å²) in [6, 6.07) is 5.10. The molecule has 98 valence electrons. The lowest BCUT2D eigenvalue weighted by Gasteiger charge is -2.14. The van der Waals surface area contributed by atoms with E-state index >= 15 is 0 Å². The number of halogens is 2. The molecule has 5 heteroatoms. The smallest absolute Gasteiger partial charge is 0.306 e. The van der Waals surface area contributed by atoms with Gasteiger partial charge in [-0.3, -0.25) is 4.79 Å². The molecule has 3 nitrogen and oxygen atoms in total. The van der Waals surface area contributed by atoms with Gasteiger partial charge in [0.2, 0.25) is 0 Å². The Morgan fingerprint density at radius 3 is 2.67 bits per heavy atom. The van der Waals surface area contributed by atoms with E-state index in [4.69, 9.17) is 27.9 Å². The molecule has 1 atom stereocenters. The molecule has 0 radical (unpaired) electrons. The van der Waals surface area contributed by atoms with E-state index in [1.54, 1.807) is 25.1 Å². The third-order valence-electron chi connectivity index (χ3n) is 2.51. The zero-order chi connectivity index (χ0) is 13.5. The lowest BCUT2D eigenvalue weighted by Crippen LogP contribution is -2.11. The lowest BCUT2D eigenvalue weighted by atomic mass is 9.93. The molecule has 1 aromatic carbocycles. The summed E-state index contributed by atoms with van der Waals surface area (Å²) in [5, 5.41) is 0.857. The molecule has 0 amide bonds. The molecule has 0 bridgehead atoms. The summed E-state index contributed by atoms with van der Waals surface area (Å²) in [7, 11) is 0. The highest BCUT2D eigenvalue weighted by Gasteiger charge is 2.17. The van der Waals surface area contributed by atoms with Crippen molar-refractivity contribution in [3.63, 3.8) is 0 Å². The van der Waals surface area contributed by atoms with E-state index in [1.807, 2.05) is 0 Å². The van der Waals surface area contributed by atoms with Gasteiger partial charge >= 0.3 is 5.97 Å². The zero-order valence-corrected chi connectivity index (χ0v) is 11.5. The first kappa shape index (κ1) is 15.0. The van der Waals surface area contributed by atoms with Crippen LogP contribution in [0.4, 0.5) is 0 Å². The quantitative estimate of drug-likeness (QED) is 0.593. The van der Waals surface area contributed by atoms with Gasteiger partial charge in [0.25, 0.3) is 0 Å². The number of esters is 1. The van der Waals surface area contributed by atoms with E-state index in [9.17, 15) is 9.59 Å². The van der Waals surface area contributed by atoms with Crippen LogP contribution in [0.1, 0.15) is 31.2 Å². The maximum Gasteiger partial charge on any atom is 0.306 e. The van der Waals surface area contributed by atoms with Gasteiger partial charge in [0, 0.05) is 12.3 Å². The molecule has 0 fully saturated rings. The Kier molecular flexibility index (Phi) is 6.16. The van der Waals surface area contributed by atoms with E-state index in [2.05, 4.69) is 0 Å². The molecular weight excluding hydrogens is 275 g/mol. The molecule has 18 heavy (non-hydrogen) atoms. The first-order valence-electron chi connectivity index (χ1n) is 5.62. The summed E-state index contributed by atoms with van der Waals surface area (Å²) in [5.41, 5.74) is 0.810. The van der Waals surface area contributed by atoms with Gasteiger partial charge in [0.05, 0.1) is 23.1 Å². The Morgan fingerprint density at radius 2 is 2.11 bits per heavy atom. The second-order valence-electron chi connectivity index (χ2n) is 3.78. The van der Waals surface area contributed by atoms with Gasteiger partial charge < -0.3 is 9.53 Å². The van der Waals surface area contributed by atoms with Crippen LogP contribution in [-0.4, -0.2) is 18.9 Å². The van der Waals surface area contributed by atoms with Gasteiger partial charge in [-0.2, -0.15) is 0 Å². The van der Waals surface area contributed by atoms with Crippen molar-refractivity contribution in [2.45, 2.75) is 25.7 Å². The van der Waals surface area contributed by atoms with Gasteiger partial charge in [-0.25, -0.2) is 0 Å². The minimum atomic E-state index is -0.324. The molecule has 1 unspecified atom stereocenters. The Hall–Kier alpha value is -1.06. The molecule has 0 heterocycles. The standard InChI is InChI=1S/C13H14Cl2O3/c1-2-18-13(17)8-10(5-6-16)9-3-4-11(14)12(15)7-9/h3-4,6-7,10H,2,5,8H2,1H3. The number of carbonyl (C=O) groups is 2. The number of aldehydes is 1. The van der Waals surface area contributed by atoms with E-state index < -0.39 is 0 Å². The largest absolute Gasteiger partial charge is 0.466 e. The van der Waals surface area contributed by atoms with E-state index in [1.165, 1.54) is 0 Å². The SMILES string of the molecule is CCOC(=O)CC(CC=O)c1ccc(Cl)c(Cl)c1. The Bertz CT molecular complexity index is 432. The highest BCUT2D eigenvalue weighted by Crippen LogP contribution is 2.29. The minimum absolute atomic E-state index is 0.157. The Morgan fingerprint density at radius 1 is 1.39 bits per heavy atom. The highest BCUT2D eigenvalue weighted by molar-refractivity contribution is 6.42. The number of benzene rings is 1. The second kappa shape index (κ2) is 7.39. The third kappa shape index (κ3) is 4.31. The van der Waals surface area contributed by atoms with Crippen LogP contribution >= 0.6 is 23.2 Å². The maximum absolute atomic E-state index is 11.5. The topological polar surface area (TPSA) is 43.4 Å². The van der Waals surface area contributed by atoms with Crippen LogP contribution in [-0.2, 0) is 14.3 Å². The number of hydrogen-bond donors (Lipinski definition) is 0. The maximum atomic E-state index is 11.5. The molecule has 0 saturated heterocycles. The van der Waals surface area contributed by atoms with Crippen LogP contribution in [0.5, 0.6) is 0 Å². The fourth-order valence-electron chi connectivity index (χ4n) is 1.64. The molecule has 1 aromatic rings. The lowest BCUT2D eigenvalue weighted by molar-refractivity contribution is -0.143. The van der Waals surface area contributed by atoms with Crippen LogP contribution in [0.3, 0.4) is 0 Å². The van der Waals surface area contributed by atoms with Crippen molar-refractivity contribution >= 4 is 35.5 Å². The number of hydrogen-bond acceptors (Lipinski definition) is 3. The monoisotopic (exact) mass is 288 g/mol. The molecule has 0 N–H and O–H groups in total. The molecule has 0 aliphatic rings. The first-order valence-corrected chi connectivity index (χ1v) is 6.38. The summed E-state index contributed by atoms with van der Waals surface area (Å²) < 4.78 is 4.88. The molecular formula is C13H14Cl2O3. The molecule has 0 aliphatic heterocycles. The normalized spacial score (nSPS) is 11.9. The van der Waals surface area contributed by atoms with Gasteiger partial charge in [0.1, 0.15) is 6.29 Å². The molecule has 0 spiro atoms. The van der Waals surface area contributed by atoms with E-state index in [0.29, 0.717) is 16.7 Å². The minimum Gasteiger partial charge on any atom is -0.466 e. The molecule has 0 saturated carbocycles. The zero-order valence-electron chi connectivity index (χ0n) is 9.99. The van der Waals surface area contributed by atoms with Crippen molar-refractivity contribution in [1.29, 1.82) is 0 Å². The van der Waals surface area contributed by atoms with E-state index in [0.717, 1.165) is 11.8 Å². The van der Waals surface area contributed by atoms with Crippen molar-refractivity contribution in [2.24, 2.45) is 0 Å². The van der Waals surface area contributed by atoms with Crippen molar-refractivity contribution in [3.05, 3.63) is 33.8 Å². The van der Waals surface area contributed by atoms with Gasteiger partial charge in [-0.05, 0) is 24.6 Å². The van der Waals surface area contributed by atoms with Gasteiger partial charge in [-0.15, -0.1) is 0 Å². The molecule has 0 aromatic heterocycles. The highest BCUT2D eigenvalue weighted by atomic mass is 35.5. The predicted octanol–water partition coefficient (Wildman–Crippen LogP) is 3.62. The van der Waals surface area contributed by atoms with Crippen molar-refractivity contribution in [3.8, 4) is 0 Å².